The Bertz CT molecular complexity index is 1290. The van der Waals surface area contributed by atoms with E-state index >= 15 is 0 Å². The Kier molecular flexibility index (Phi) is 7.25. The summed E-state index contributed by atoms with van der Waals surface area (Å²) < 4.78 is 0. The monoisotopic (exact) mass is 508 g/mol. The minimum atomic E-state index is -0.396. The van der Waals surface area contributed by atoms with Gasteiger partial charge in [-0.25, -0.2) is 0 Å². The molecule has 1 N–H and O–H groups in total. The zero-order valence-corrected chi connectivity index (χ0v) is 21.9. The van der Waals surface area contributed by atoms with Gasteiger partial charge in [-0.05, 0) is 47.7 Å². The van der Waals surface area contributed by atoms with Gasteiger partial charge < -0.3 is 15.1 Å². The van der Waals surface area contributed by atoms with E-state index in [9.17, 15) is 9.59 Å². The van der Waals surface area contributed by atoms with Crippen molar-refractivity contribution in [2.24, 2.45) is 0 Å². The molecule has 0 saturated carbocycles. The molecule has 196 valence electrons. The molecule has 3 aliphatic rings. The predicted octanol–water partition coefficient (Wildman–Crippen LogP) is 3.85. The lowest BCUT2D eigenvalue weighted by Gasteiger charge is -2.45. The number of fused-ring (bicyclic) bond motifs is 4. The lowest BCUT2D eigenvalue weighted by Crippen LogP contribution is -2.50. The molecule has 2 amide bonds. The van der Waals surface area contributed by atoms with Crippen molar-refractivity contribution in [3.05, 3.63) is 107 Å². The van der Waals surface area contributed by atoms with Crippen LogP contribution >= 0.6 is 0 Å². The van der Waals surface area contributed by atoms with E-state index in [2.05, 4.69) is 57.6 Å². The van der Waals surface area contributed by atoms with Gasteiger partial charge in [-0.2, -0.15) is 0 Å². The Balaban J connectivity index is 1.07. The molecule has 38 heavy (non-hydrogen) atoms. The molecule has 6 rings (SSSR count). The molecule has 1 saturated heterocycles. The molecule has 1 fully saturated rings. The maximum atomic E-state index is 13.7. The number of carbonyl (C=O) groups excluding carboxylic acids is 2. The molecule has 6 nitrogen and oxygen atoms in total. The van der Waals surface area contributed by atoms with Gasteiger partial charge in [0.25, 0.3) is 5.91 Å². The molecule has 2 atom stereocenters. The summed E-state index contributed by atoms with van der Waals surface area (Å²) in [6, 6.07) is 26.4. The van der Waals surface area contributed by atoms with Gasteiger partial charge in [0, 0.05) is 51.4 Å². The Morgan fingerprint density at radius 3 is 2.29 bits per heavy atom. The summed E-state index contributed by atoms with van der Waals surface area (Å²) >= 11 is 0. The highest BCUT2D eigenvalue weighted by Crippen LogP contribution is 2.45. The summed E-state index contributed by atoms with van der Waals surface area (Å²) in [6.07, 6.45) is 1.75. The van der Waals surface area contributed by atoms with Gasteiger partial charge in [-0.15, -0.1) is 0 Å². The van der Waals surface area contributed by atoms with Crippen molar-refractivity contribution < 1.29 is 9.59 Å². The first-order valence-electron chi connectivity index (χ1n) is 13.9. The second-order valence-electron chi connectivity index (χ2n) is 10.7. The van der Waals surface area contributed by atoms with Crippen molar-refractivity contribution in [3.63, 3.8) is 0 Å². The molecule has 0 spiro atoms. The van der Waals surface area contributed by atoms with Crippen LogP contribution in [0.4, 0.5) is 0 Å². The average Bonchev–Trinajstić information content (AvgIpc) is 2.97. The quantitative estimate of drug-likeness (QED) is 0.493. The maximum absolute atomic E-state index is 13.7. The molecular formula is C32H36N4O2. The van der Waals surface area contributed by atoms with E-state index in [0.29, 0.717) is 18.7 Å². The predicted molar refractivity (Wildman–Crippen MR) is 149 cm³/mol. The summed E-state index contributed by atoms with van der Waals surface area (Å²) in [7, 11) is 0. The van der Waals surface area contributed by atoms with Crippen LogP contribution < -0.4 is 5.32 Å². The van der Waals surface area contributed by atoms with Crippen LogP contribution in [-0.4, -0.2) is 72.3 Å². The summed E-state index contributed by atoms with van der Waals surface area (Å²) in [4.78, 5) is 34.0. The van der Waals surface area contributed by atoms with Gasteiger partial charge in [-0.3, -0.25) is 14.5 Å². The second kappa shape index (κ2) is 11.1. The van der Waals surface area contributed by atoms with Crippen LogP contribution in [0.25, 0.3) is 0 Å². The van der Waals surface area contributed by atoms with Gasteiger partial charge in [-0.1, -0.05) is 72.8 Å². The Hall–Kier alpha value is -3.48. The Morgan fingerprint density at radius 2 is 1.47 bits per heavy atom. The van der Waals surface area contributed by atoms with Crippen LogP contribution in [0.15, 0.2) is 78.9 Å². The molecule has 3 heterocycles. The molecule has 0 radical (unpaired) electrons. The lowest BCUT2D eigenvalue weighted by molar-refractivity contribution is -0.124. The van der Waals surface area contributed by atoms with E-state index in [0.717, 1.165) is 63.2 Å². The van der Waals surface area contributed by atoms with Crippen LogP contribution in [0.5, 0.6) is 0 Å². The largest absolute Gasteiger partial charge is 0.355 e. The number of benzene rings is 3. The van der Waals surface area contributed by atoms with Crippen LogP contribution in [0.3, 0.4) is 0 Å². The number of hydrogen-bond donors (Lipinski definition) is 1. The minimum Gasteiger partial charge on any atom is -0.355 e. The van der Waals surface area contributed by atoms with Crippen molar-refractivity contribution >= 4 is 11.8 Å². The number of rotatable bonds is 7. The van der Waals surface area contributed by atoms with Crippen LogP contribution in [-0.2, 0) is 17.8 Å². The van der Waals surface area contributed by atoms with Crippen LogP contribution in [0, 0.1) is 0 Å². The number of amides is 2. The van der Waals surface area contributed by atoms with E-state index < -0.39 is 5.92 Å². The average molecular weight is 509 g/mol. The maximum Gasteiger partial charge on any atom is 0.254 e. The minimum absolute atomic E-state index is 0.0179. The van der Waals surface area contributed by atoms with Gasteiger partial charge in [0.2, 0.25) is 5.91 Å². The van der Waals surface area contributed by atoms with Crippen LogP contribution in [0.1, 0.15) is 51.0 Å². The number of carbonyl (C=O) groups is 2. The Morgan fingerprint density at radius 1 is 0.789 bits per heavy atom. The fourth-order valence-corrected chi connectivity index (χ4v) is 6.39. The summed E-state index contributed by atoms with van der Waals surface area (Å²) in [6.45, 7) is 7.56. The molecule has 3 aromatic carbocycles. The third-order valence-corrected chi connectivity index (χ3v) is 8.38. The highest BCUT2D eigenvalue weighted by atomic mass is 16.2. The normalized spacial score (nSPS) is 21.4. The summed E-state index contributed by atoms with van der Waals surface area (Å²) in [5.74, 6) is -0.341. The lowest BCUT2D eigenvalue weighted by atomic mass is 9.76. The van der Waals surface area contributed by atoms with Gasteiger partial charge in [0.15, 0.2) is 0 Å². The van der Waals surface area contributed by atoms with E-state index in [4.69, 9.17) is 0 Å². The van der Waals surface area contributed by atoms with E-state index in [-0.39, 0.29) is 17.9 Å². The molecule has 0 aliphatic carbocycles. The van der Waals surface area contributed by atoms with E-state index in [1.54, 1.807) is 0 Å². The van der Waals surface area contributed by atoms with Gasteiger partial charge in [0.1, 0.15) is 0 Å². The number of nitrogens with one attached hydrogen (secondary N) is 1. The third kappa shape index (κ3) is 4.98. The van der Waals surface area contributed by atoms with Gasteiger partial charge in [0.05, 0.1) is 12.0 Å². The molecule has 3 aliphatic heterocycles. The zero-order chi connectivity index (χ0) is 25.9. The first-order valence-corrected chi connectivity index (χ1v) is 13.9. The molecule has 6 heteroatoms. The number of hydrogen-bond acceptors (Lipinski definition) is 4. The van der Waals surface area contributed by atoms with E-state index in [1.165, 1.54) is 11.1 Å². The standard InChI is InChI=1S/C32H36N4O2/c37-31(33-16-8-17-34-19-21-35(22-20-34)23-24-9-2-1-3-10-24)29-27-13-6-7-14-28(27)32(38)36-18-15-25-11-4-5-12-26(25)30(29)36/h1-7,9-14,29-30H,8,15-23H2,(H,33,37)/t29-,30+/m0/s1. The first kappa shape index (κ1) is 24.8. The number of piperazine rings is 1. The smallest absolute Gasteiger partial charge is 0.254 e. The molecule has 0 aromatic heterocycles. The van der Waals surface area contributed by atoms with Gasteiger partial charge >= 0.3 is 0 Å². The van der Waals surface area contributed by atoms with Crippen molar-refractivity contribution in [2.45, 2.75) is 31.3 Å². The molecule has 0 bridgehead atoms. The zero-order valence-electron chi connectivity index (χ0n) is 21.9. The van der Waals surface area contributed by atoms with E-state index in [1.807, 2.05) is 41.3 Å². The molecular weight excluding hydrogens is 472 g/mol. The summed E-state index contributed by atoms with van der Waals surface area (Å²) in [5, 5.41) is 3.24. The van der Waals surface area contributed by atoms with Crippen molar-refractivity contribution in [3.8, 4) is 0 Å². The topological polar surface area (TPSA) is 55.9 Å². The third-order valence-electron chi connectivity index (χ3n) is 8.38. The highest BCUT2D eigenvalue weighted by molar-refractivity contribution is 6.01. The summed E-state index contributed by atoms with van der Waals surface area (Å²) in [5.41, 5.74) is 5.23. The molecule has 3 aromatic rings. The number of nitrogens with zero attached hydrogens (tertiary/aromatic N) is 3. The van der Waals surface area contributed by atoms with Crippen molar-refractivity contribution in [1.29, 1.82) is 0 Å². The fourth-order valence-electron chi connectivity index (χ4n) is 6.39. The fraction of sp³-hybridized carbons (Fsp3) is 0.375. The van der Waals surface area contributed by atoms with Crippen LogP contribution in [0.2, 0.25) is 0 Å². The molecule has 0 unspecified atom stereocenters. The SMILES string of the molecule is O=C(NCCCN1CCN(Cc2ccccc2)CC1)[C@H]1c2ccccc2C(=O)N2CCc3ccccc3[C@H]12. The first-order chi connectivity index (χ1) is 18.7. The Labute approximate surface area is 225 Å². The highest BCUT2D eigenvalue weighted by Gasteiger charge is 2.46. The van der Waals surface area contributed by atoms with Crippen molar-refractivity contribution in [1.82, 2.24) is 20.0 Å². The van der Waals surface area contributed by atoms with Crippen molar-refractivity contribution in [2.75, 3.05) is 45.8 Å². The second-order valence-corrected chi connectivity index (χ2v) is 10.7.